The summed E-state index contributed by atoms with van der Waals surface area (Å²) in [6, 6.07) is 6.03. The molecule has 0 bridgehead atoms. The van der Waals surface area contributed by atoms with Crippen LogP contribution >= 0.6 is 0 Å². The zero-order valence-corrected chi connectivity index (χ0v) is 11.5. The molecule has 0 unspecified atom stereocenters. The molecule has 1 aliphatic rings. The van der Waals surface area contributed by atoms with Crippen LogP contribution < -0.4 is 10.6 Å². The predicted octanol–water partition coefficient (Wildman–Crippen LogP) is 2.63. The van der Waals surface area contributed by atoms with Crippen molar-refractivity contribution in [2.45, 2.75) is 33.1 Å². The van der Waals surface area contributed by atoms with Gasteiger partial charge in [-0.3, -0.25) is 4.79 Å². The van der Waals surface area contributed by atoms with Gasteiger partial charge in [-0.1, -0.05) is 18.6 Å². The summed E-state index contributed by atoms with van der Waals surface area (Å²) in [6.07, 6.45) is 3.14. The Morgan fingerprint density at radius 3 is 2.61 bits per heavy atom. The largest absolute Gasteiger partial charge is 0.325 e. The highest BCUT2D eigenvalue weighted by molar-refractivity contribution is 5.96. The van der Waals surface area contributed by atoms with Crippen molar-refractivity contribution in [3.05, 3.63) is 29.3 Å². The zero-order chi connectivity index (χ0) is 13.2. The lowest BCUT2D eigenvalue weighted by molar-refractivity contribution is -0.129. The van der Waals surface area contributed by atoms with Crippen LogP contribution in [0.1, 0.15) is 30.4 Å². The van der Waals surface area contributed by atoms with Gasteiger partial charge in [-0.05, 0) is 50.9 Å². The van der Waals surface area contributed by atoms with E-state index < -0.39 is 0 Å². The Labute approximate surface area is 109 Å². The molecule has 1 amide bonds. The standard InChI is InChI=1S/C15H22N2O/c1-11-6-4-7-13(12(11)2)17-14(18)15(10-16-3)8-5-9-15/h4,6-7,16H,5,8-10H2,1-3H3,(H,17,18). The van der Waals surface area contributed by atoms with Crippen LogP contribution in [0.2, 0.25) is 0 Å². The number of carbonyl (C=O) groups excluding carboxylic acids is 1. The molecule has 1 aromatic carbocycles. The molecule has 1 fully saturated rings. The first kappa shape index (κ1) is 13.1. The van der Waals surface area contributed by atoms with Gasteiger partial charge in [0.15, 0.2) is 0 Å². The Hall–Kier alpha value is -1.35. The highest BCUT2D eigenvalue weighted by Crippen LogP contribution is 2.41. The summed E-state index contributed by atoms with van der Waals surface area (Å²) < 4.78 is 0. The highest BCUT2D eigenvalue weighted by atomic mass is 16.2. The minimum Gasteiger partial charge on any atom is -0.325 e. The average molecular weight is 246 g/mol. The van der Waals surface area contributed by atoms with Crippen LogP contribution in [0.3, 0.4) is 0 Å². The van der Waals surface area contributed by atoms with Gasteiger partial charge in [0.2, 0.25) is 5.91 Å². The van der Waals surface area contributed by atoms with E-state index in [0.29, 0.717) is 0 Å². The number of amides is 1. The molecule has 1 aliphatic carbocycles. The molecule has 0 atom stereocenters. The number of nitrogens with one attached hydrogen (secondary N) is 2. The van der Waals surface area contributed by atoms with Gasteiger partial charge in [0, 0.05) is 12.2 Å². The number of anilines is 1. The van der Waals surface area contributed by atoms with E-state index in [4.69, 9.17) is 0 Å². The van der Waals surface area contributed by atoms with Crippen molar-refractivity contribution >= 4 is 11.6 Å². The number of rotatable bonds is 4. The topological polar surface area (TPSA) is 41.1 Å². The third-order valence-electron chi connectivity index (χ3n) is 4.16. The maximum atomic E-state index is 12.4. The SMILES string of the molecule is CNCC1(C(=O)Nc2cccc(C)c2C)CCC1. The maximum Gasteiger partial charge on any atom is 0.231 e. The first-order chi connectivity index (χ1) is 8.59. The third-order valence-corrected chi connectivity index (χ3v) is 4.16. The van der Waals surface area contributed by atoms with Crippen LogP contribution in [0.25, 0.3) is 0 Å². The van der Waals surface area contributed by atoms with Gasteiger partial charge >= 0.3 is 0 Å². The summed E-state index contributed by atoms with van der Waals surface area (Å²) >= 11 is 0. The minimum atomic E-state index is -0.190. The normalized spacial score (nSPS) is 17.1. The summed E-state index contributed by atoms with van der Waals surface area (Å²) in [6.45, 7) is 4.89. The summed E-state index contributed by atoms with van der Waals surface area (Å²) in [7, 11) is 1.91. The molecular formula is C15H22N2O. The Balaban J connectivity index is 2.13. The second-order valence-electron chi connectivity index (χ2n) is 5.37. The molecule has 0 saturated heterocycles. The molecule has 0 radical (unpaired) electrons. The molecular weight excluding hydrogens is 224 g/mol. The van der Waals surface area contributed by atoms with Crippen LogP contribution in [-0.2, 0) is 4.79 Å². The average Bonchev–Trinajstić information content (AvgIpc) is 2.29. The van der Waals surface area contributed by atoms with E-state index in [9.17, 15) is 4.79 Å². The van der Waals surface area contributed by atoms with E-state index >= 15 is 0 Å². The first-order valence-corrected chi connectivity index (χ1v) is 6.61. The van der Waals surface area contributed by atoms with E-state index in [1.165, 1.54) is 5.56 Å². The molecule has 1 aromatic rings. The van der Waals surface area contributed by atoms with Gasteiger partial charge < -0.3 is 10.6 Å². The lowest BCUT2D eigenvalue weighted by Gasteiger charge is -2.40. The lowest BCUT2D eigenvalue weighted by atomic mass is 9.68. The van der Waals surface area contributed by atoms with Crippen LogP contribution in [0, 0.1) is 19.3 Å². The first-order valence-electron chi connectivity index (χ1n) is 6.61. The zero-order valence-electron chi connectivity index (χ0n) is 11.5. The third kappa shape index (κ3) is 2.27. The maximum absolute atomic E-state index is 12.4. The fourth-order valence-corrected chi connectivity index (χ4v) is 2.57. The Morgan fingerprint density at radius 2 is 2.06 bits per heavy atom. The van der Waals surface area contributed by atoms with E-state index in [2.05, 4.69) is 30.5 Å². The fraction of sp³-hybridized carbons (Fsp3) is 0.533. The van der Waals surface area contributed by atoms with Gasteiger partial charge in [0.05, 0.1) is 5.41 Å². The molecule has 3 nitrogen and oxygen atoms in total. The lowest BCUT2D eigenvalue weighted by Crippen LogP contribution is -2.48. The molecule has 1 saturated carbocycles. The van der Waals surface area contributed by atoms with E-state index in [1.54, 1.807) is 0 Å². The van der Waals surface area contributed by atoms with Crippen molar-refractivity contribution in [2.24, 2.45) is 5.41 Å². The van der Waals surface area contributed by atoms with Crippen LogP contribution in [0.5, 0.6) is 0 Å². The van der Waals surface area contributed by atoms with Crippen molar-refractivity contribution in [1.29, 1.82) is 0 Å². The fourth-order valence-electron chi connectivity index (χ4n) is 2.57. The quantitative estimate of drug-likeness (QED) is 0.857. The number of benzene rings is 1. The van der Waals surface area contributed by atoms with E-state index in [0.717, 1.165) is 37.1 Å². The smallest absolute Gasteiger partial charge is 0.231 e. The van der Waals surface area contributed by atoms with Crippen LogP contribution in [-0.4, -0.2) is 19.5 Å². The summed E-state index contributed by atoms with van der Waals surface area (Å²) in [5.74, 6) is 0.164. The molecule has 2 N–H and O–H groups in total. The molecule has 3 heteroatoms. The second kappa shape index (κ2) is 5.11. The van der Waals surface area contributed by atoms with Gasteiger partial charge in [-0.15, -0.1) is 0 Å². The Morgan fingerprint density at radius 1 is 1.33 bits per heavy atom. The Bertz CT molecular complexity index is 450. The van der Waals surface area contributed by atoms with E-state index in [1.807, 2.05) is 19.2 Å². The van der Waals surface area contributed by atoms with Gasteiger partial charge in [0.1, 0.15) is 0 Å². The molecule has 98 valence electrons. The van der Waals surface area contributed by atoms with Crippen molar-refractivity contribution < 1.29 is 4.79 Å². The highest BCUT2D eigenvalue weighted by Gasteiger charge is 2.43. The monoisotopic (exact) mass is 246 g/mol. The van der Waals surface area contributed by atoms with Crippen molar-refractivity contribution in [2.75, 3.05) is 18.9 Å². The molecule has 0 aromatic heterocycles. The predicted molar refractivity (Wildman–Crippen MR) is 74.8 cm³/mol. The minimum absolute atomic E-state index is 0.164. The molecule has 18 heavy (non-hydrogen) atoms. The number of hydrogen-bond donors (Lipinski definition) is 2. The van der Waals surface area contributed by atoms with Gasteiger partial charge in [-0.25, -0.2) is 0 Å². The van der Waals surface area contributed by atoms with Crippen molar-refractivity contribution in [3.63, 3.8) is 0 Å². The second-order valence-corrected chi connectivity index (χ2v) is 5.37. The number of aryl methyl sites for hydroxylation is 1. The van der Waals surface area contributed by atoms with Gasteiger partial charge in [0.25, 0.3) is 0 Å². The van der Waals surface area contributed by atoms with Crippen LogP contribution in [0.15, 0.2) is 18.2 Å². The van der Waals surface area contributed by atoms with Gasteiger partial charge in [-0.2, -0.15) is 0 Å². The molecule has 0 spiro atoms. The summed E-state index contributed by atoms with van der Waals surface area (Å²) in [5.41, 5.74) is 3.13. The van der Waals surface area contributed by atoms with Crippen molar-refractivity contribution in [1.82, 2.24) is 5.32 Å². The Kier molecular flexibility index (Phi) is 3.71. The van der Waals surface area contributed by atoms with E-state index in [-0.39, 0.29) is 11.3 Å². The summed E-state index contributed by atoms with van der Waals surface area (Å²) in [5, 5.41) is 6.24. The number of hydrogen-bond acceptors (Lipinski definition) is 2. The molecule has 2 rings (SSSR count). The number of carbonyl (C=O) groups is 1. The summed E-state index contributed by atoms with van der Waals surface area (Å²) in [4.78, 5) is 12.4. The molecule has 0 heterocycles. The van der Waals surface area contributed by atoms with Crippen molar-refractivity contribution in [3.8, 4) is 0 Å². The molecule has 0 aliphatic heterocycles. The van der Waals surface area contributed by atoms with Crippen LogP contribution in [0.4, 0.5) is 5.69 Å².